The number of nitro benzene ring substituents is 1. The Labute approximate surface area is 163 Å². The summed E-state index contributed by atoms with van der Waals surface area (Å²) in [5.74, 6) is 0.726. The number of rotatable bonds is 6. The summed E-state index contributed by atoms with van der Waals surface area (Å²) < 4.78 is 37.7. The number of hydrogen-bond acceptors (Lipinski definition) is 6. The lowest BCUT2D eigenvalue weighted by Crippen LogP contribution is -2.40. The van der Waals surface area contributed by atoms with Gasteiger partial charge in [-0.1, -0.05) is 26.0 Å². The molecule has 0 bridgehead atoms. The quantitative estimate of drug-likeness (QED) is 0.537. The van der Waals surface area contributed by atoms with Gasteiger partial charge in [-0.15, -0.1) is 0 Å². The first kappa shape index (κ1) is 20.2. The zero-order valence-electron chi connectivity index (χ0n) is 15.7. The average molecular weight is 406 g/mol. The van der Waals surface area contributed by atoms with Crippen LogP contribution < -0.4 is 4.74 Å². The van der Waals surface area contributed by atoms with E-state index in [1.807, 2.05) is 32.0 Å². The molecular formula is C19H22N2O6S. The van der Waals surface area contributed by atoms with Crippen molar-refractivity contribution in [1.29, 1.82) is 0 Å². The maximum atomic E-state index is 12.8. The predicted octanol–water partition coefficient (Wildman–Crippen LogP) is 3.53. The molecule has 150 valence electrons. The van der Waals surface area contributed by atoms with E-state index >= 15 is 0 Å². The molecular weight excluding hydrogens is 384 g/mol. The summed E-state index contributed by atoms with van der Waals surface area (Å²) in [6.45, 7) is 5.11. The largest absolute Gasteiger partial charge is 0.450 e. The first-order valence-corrected chi connectivity index (χ1v) is 10.4. The van der Waals surface area contributed by atoms with E-state index in [0.717, 1.165) is 11.6 Å². The fraction of sp³-hybridized carbons (Fsp3) is 0.368. The molecule has 0 saturated carbocycles. The molecule has 0 N–H and O–H groups in total. The van der Waals surface area contributed by atoms with E-state index < -0.39 is 20.6 Å². The minimum absolute atomic E-state index is 0.00756. The monoisotopic (exact) mass is 406 g/mol. The van der Waals surface area contributed by atoms with Crippen LogP contribution in [0.15, 0.2) is 47.4 Å². The molecule has 1 aliphatic rings. The third kappa shape index (κ3) is 4.32. The van der Waals surface area contributed by atoms with Crippen LogP contribution in [0, 0.1) is 10.1 Å². The molecule has 0 aromatic heterocycles. The average Bonchev–Trinajstić information content (AvgIpc) is 2.69. The third-order valence-corrected chi connectivity index (χ3v) is 6.38. The number of sulfonamides is 1. The molecule has 0 spiro atoms. The van der Waals surface area contributed by atoms with Gasteiger partial charge < -0.3 is 9.47 Å². The third-order valence-electron chi connectivity index (χ3n) is 4.49. The highest BCUT2D eigenvalue weighted by Crippen LogP contribution is 2.35. The second-order valence-electron chi connectivity index (χ2n) is 6.73. The summed E-state index contributed by atoms with van der Waals surface area (Å²) in [5, 5.41) is 11.5. The smallest absolute Gasteiger partial charge is 0.312 e. The zero-order valence-corrected chi connectivity index (χ0v) is 16.5. The number of ether oxygens (including phenoxy) is 2. The number of benzene rings is 2. The van der Waals surface area contributed by atoms with Gasteiger partial charge in [-0.3, -0.25) is 10.1 Å². The van der Waals surface area contributed by atoms with Crippen molar-refractivity contribution in [2.75, 3.05) is 26.3 Å². The maximum Gasteiger partial charge on any atom is 0.312 e. The summed E-state index contributed by atoms with van der Waals surface area (Å²) >= 11 is 0. The number of nitrogens with zero attached hydrogens (tertiary/aromatic N) is 2. The van der Waals surface area contributed by atoms with E-state index in [9.17, 15) is 18.5 Å². The number of morpholine rings is 1. The number of hydrogen-bond donors (Lipinski definition) is 0. The minimum atomic E-state index is -3.83. The van der Waals surface area contributed by atoms with Gasteiger partial charge in [0.05, 0.1) is 23.0 Å². The van der Waals surface area contributed by atoms with Gasteiger partial charge in [-0.05, 0) is 35.7 Å². The molecule has 0 amide bonds. The molecule has 0 atom stereocenters. The molecule has 1 fully saturated rings. The first-order chi connectivity index (χ1) is 13.3. The highest BCUT2D eigenvalue weighted by atomic mass is 32.2. The van der Waals surface area contributed by atoms with Crippen molar-refractivity contribution in [2.24, 2.45) is 0 Å². The Morgan fingerprint density at radius 1 is 1.14 bits per heavy atom. The van der Waals surface area contributed by atoms with Crippen molar-refractivity contribution in [1.82, 2.24) is 4.31 Å². The van der Waals surface area contributed by atoms with Crippen LogP contribution in [0.3, 0.4) is 0 Å². The summed E-state index contributed by atoms with van der Waals surface area (Å²) in [7, 11) is -3.83. The van der Waals surface area contributed by atoms with Crippen molar-refractivity contribution in [3.05, 3.63) is 58.1 Å². The Morgan fingerprint density at radius 3 is 2.50 bits per heavy atom. The Kier molecular flexibility index (Phi) is 5.97. The molecule has 28 heavy (non-hydrogen) atoms. The molecule has 0 radical (unpaired) electrons. The van der Waals surface area contributed by atoms with Crippen LogP contribution in [-0.2, 0) is 14.8 Å². The van der Waals surface area contributed by atoms with Crippen molar-refractivity contribution < 1.29 is 22.8 Å². The summed E-state index contributed by atoms with van der Waals surface area (Å²) in [6, 6.07) is 11.0. The van der Waals surface area contributed by atoms with E-state index in [2.05, 4.69) is 0 Å². The molecule has 2 aromatic carbocycles. The Balaban J connectivity index is 1.93. The van der Waals surface area contributed by atoms with Crippen LogP contribution in [-0.4, -0.2) is 43.9 Å². The molecule has 0 aliphatic carbocycles. The van der Waals surface area contributed by atoms with Gasteiger partial charge >= 0.3 is 5.69 Å². The SMILES string of the molecule is CC(C)c1cccc(Oc2ccc(S(=O)(=O)N3CCOCC3)cc2[N+](=O)[O-])c1. The van der Waals surface area contributed by atoms with Crippen molar-refractivity contribution >= 4 is 15.7 Å². The van der Waals surface area contributed by atoms with Crippen LogP contribution in [0.2, 0.25) is 0 Å². The molecule has 3 rings (SSSR count). The van der Waals surface area contributed by atoms with Gasteiger partial charge in [0, 0.05) is 19.2 Å². The summed E-state index contributed by atoms with van der Waals surface area (Å²) in [5.41, 5.74) is 0.635. The highest BCUT2D eigenvalue weighted by molar-refractivity contribution is 7.89. The summed E-state index contributed by atoms with van der Waals surface area (Å²) in [6.07, 6.45) is 0. The number of nitro groups is 1. The highest BCUT2D eigenvalue weighted by Gasteiger charge is 2.29. The second-order valence-corrected chi connectivity index (χ2v) is 8.67. The van der Waals surface area contributed by atoms with Crippen LogP contribution in [0.4, 0.5) is 5.69 Å². The summed E-state index contributed by atoms with van der Waals surface area (Å²) in [4.78, 5) is 10.8. The molecule has 0 unspecified atom stereocenters. The van der Waals surface area contributed by atoms with Gasteiger partial charge in [0.1, 0.15) is 5.75 Å². The lowest BCUT2D eigenvalue weighted by atomic mass is 10.0. The minimum Gasteiger partial charge on any atom is -0.450 e. The van der Waals surface area contributed by atoms with E-state index in [1.165, 1.54) is 16.4 Å². The van der Waals surface area contributed by atoms with Gasteiger partial charge in [-0.2, -0.15) is 4.31 Å². The maximum absolute atomic E-state index is 12.8. The van der Waals surface area contributed by atoms with E-state index in [-0.39, 0.29) is 29.7 Å². The standard InChI is InChI=1S/C19H22N2O6S/c1-14(2)15-4-3-5-16(12-15)27-19-7-6-17(13-18(19)21(22)23)28(24,25)20-8-10-26-11-9-20/h3-7,12-14H,8-11H2,1-2H3. The van der Waals surface area contributed by atoms with Crippen LogP contribution >= 0.6 is 0 Å². The van der Waals surface area contributed by atoms with Gasteiger partial charge in [0.2, 0.25) is 15.8 Å². The topological polar surface area (TPSA) is 99.0 Å². The van der Waals surface area contributed by atoms with E-state index in [0.29, 0.717) is 19.0 Å². The van der Waals surface area contributed by atoms with Crippen LogP contribution in [0.1, 0.15) is 25.3 Å². The van der Waals surface area contributed by atoms with Gasteiger partial charge in [0.15, 0.2) is 0 Å². The lowest BCUT2D eigenvalue weighted by molar-refractivity contribution is -0.385. The second kappa shape index (κ2) is 8.26. The van der Waals surface area contributed by atoms with Crippen molar-refractivity contribution in [3.63, 3.8) is 0 Å². The molecule has 2 aromatic rings. The fourth-order valence-electron chi connectivity index (χ4n) is 2.89. The molecule has 1 saturated heterocycles. The van der Waals surface area contributed by atoms with E-state index in [4.69, 9.17) is 9.47 Å². The van der Waals surface area contributed by atoms with E-state index in [1.54, 1.807) is 6.07 Å². The van der Waals surface area contributed by atoms with Crippen LogP contribution in [0.5, 0.6) is 11.5 Å². The molecule has 9 heteroatoms. The Morgan fingerprint density at radius 2 is 1.86 bits per heavy atom. The van der Waals surface area contributed by atoms with Crippen molar-refractivity contribution in [2.45, 2.75) is 24.7 Å². The first-order valence-electron chi connectivity index (χ1n) is 8.93. The lowest BCUT2D eigenvalue weighted by Gasteiger charge is -2.26. The Bertz CT molecular complexity index is 968. The normalized spacial score (nSPS) is 15.5. The predicted molar refractivity (Wildman–Crippen MR) is 103 cm³/mol. The zero-order chi connectivity index (χ0) is 20.3. The molecule has 8 nitrogen and oxygen atoms in total. The fourth-order valence-corrected chi connectivity index (χ4v) is 4.32. The molecule has 1 heterocycles. The van der Waals surface area contributed by atoms with Crippen LogP contribution in [0.25, 0.3) is 0 Å². The van der Waals surface area contributed by atoms with Crippen molar-refractivity contribution in [3.8, 4) is 11.5 Å². The molecule has 1 aliphatic heterocycles. The Hall–Kier alpha value is -2.49. The van der Waals surface area contributed by atoms with Gasteiger partial charge in [-0.25, -0.2) is 8.42 Å². The van der Waals surface area contributed by atoms with Gasteiger partial charge in [0.25, 0.3) is 0 Å².